The molecule has 0 amide bonds. The molecule has 22 heavy (non-hydrogen) atoms. The molecule has 0 spiro atoms. The predicted molar refractivity (Wildman–Crippen MR) is 83.5 cm³/mol. The van der Waals surface area contributed by atoms with Crippen LogP contribution in [0.1, 0.15) is 11.1 Å². The molecule has 0 saturated carbocycles. The van der Waals surface area contributed by atoms with E-state index in [2.05, 4.69) is 4.99 Å². The molecule has 0 saturated heterocycles. The van der Waals surface area contributed by atoms with Crippen LogP contribution in [0.2, 0.25) is 10.0 Å². The molecule has 0 fully saturated rings. The van der Waals surface area contributed by atoms with Crippen molar-refractivity contribution in [1.29, 1.82) is 0 Å². The first-order valence-electron chi connectivity index (χ1n) is 6.27. The summed E-state index contributed by atoms with van der Waals surface area (Å²) >= 11 is 11.9. The molecule has 0 radical (unpaired) electrons. The molecule has 3 rings (SSSR count). The second-order valence-electron chi connectivity index (χ2n) is 4.48. The minimum Gasteiger partial charge on any atom is -0.402 e. The molecule has 1 heterocycles. The van der Waals surface area contributed by atoms with Gasteiger partial charge in [0.15, 0.2) is 5.70 Å². The Hall–Kier alpha value is -2.17. The van der Waals surface area contributed by atoms with E-state index in [1.165, 1.54) is 18.2 Å². The zero-order valence-corrected chi connectivity index (χ0v) is 12.5. The molecule has 110 valence electrons. The number of ether oxygens (including phenoxy) is 1. The molecular weight excluding hydrogens is 328 g/mol. The molecule has 0 N–H and O–H groups in total. The summed E-state index contributed by atoms with van der Waals surface area (Å²) < 4.78 is 18.7. The van der Waals surface area contributed by atoms with Crippen molar-refractivity contribution in [3.05, 3.63) is 75.2 Å². The standard InChI is InChI=1S/C16H8Cl2FNO2/c17-10-5-6-12(18)11(8-10)15-20-14(16(21)22-15)7-9-3-1-2-4-13(9)19/h1-8H. The van der Waals surface area contributed by atoms with E-state index in [1.54, 1.807) is 30.3 Å². The normalized spacial score (nSPS) is 15.9. The summed E-state index contributed by atoms with van der Waals surface area (Å²) in [4.78, 5) is 15.9. The fourth-order valence-corrected chi connectivity index (χ4v) is 2.30. The van der Waals surface area contributed by atoms with Gasteiger partial charge in [-0.05, 0) is 30.3 Å². The second kappa shape index (κ2) is 5.91. The summed E-state index contributed by atoms with van der Waals surface area (Å²) in [7, 11) is 0. The minimum atomic E-state index is -0.672. The first-order valence-corrected chi connectivity index (χ1v) is 7.03. The molecule has 2 aromatic carbocycles. The van der Waals surface area contributed by atoms with E-state index in [1.807, 2.05) is 0 Å². The third-order valence-electron chi connectivity index (χ3n) is 2.98. The molecule has 0 aliphatic carbocycles. The molecule has 1 aliphatic rings. The molecule has 0 atom stereocenters. The third-order valence-corrected chi connectivity index (χ3v) is 3.54. The van der Waals surface area contributed by atoms with Crippen molar-refractivity contribution in [2.24, 2.45) is 4.99 Å². The molecule has 0 unspecified atom stereocenters. The Kier molecular flexibility index (Phi) is 3.96. The van der Waals surface area contributed by atoms with E-state index < -0.39 is 11.8 Å². The highest BCUT2D eigenvalue weighted by Gasteiger charge is 2.26. The van der Waals surface area contributed by atoms with E-state index in [-0.39, 0.29) is 17.2 Å². The van der Waals surface area contributed by atoms with Crippen LogP contribution in [0.15, 0.2) is 53.2 Å². The molecule has 0 bridgehead atoms. The van der Waals surface area contributed by atoms with Gasteiger partial charge in [-0.2, -0.15) is 0 Å². The maximum Gasteiger partial charge on any atom is 0.363 e. The lowest BCUT2D eigenvalue weighted by atomic mass is 10.2. The van der Waals surface area contributed by atoms with E-state index in [9.17, 15) is 9.18 Å². The minimum absolute atomic E-state index is 0.00357. The second-order valence-corrected chi connectivity index (χ2v) is 5.33. The lowest BCUT2D eigenvalue weighted by Crippen LogP contribution is -2.06. The average Bonchev–Trinajstić information content (AvgIpc) is 2.85. The van der Waals surface area contributed by atoms with E-state index in [0.29, 0.717) is 15.6 Å². The zero-order chi connectivity index (χ0) is 15.7. The number of carbonyl (C=O) groups is 1. The Morgan fingerprint density at radius 1 is 1.14 bits per heavy atom. The van der Waals surface area contributed by atoms with Crippen molar-refractivity contribution in [2.75, 3.05) is 0 Å². The van der Waals surface area contributed by atoms with Crippen LogP contribution in [0.3, 0.4) is 0 Å². The van der Waals surface area contributed by atoms with Crippen molar-refractivity contribution in [1.82, 2.24) is 0 Å². The molecule has 0 aromatic heterocycles. The maximum absolute atomic E-state index is 13.6. The van der Waals surface area contributed by atoms with Gasteiger partial charge in [0.05, 0.1) is 10.6 Å². The molecule has 6 heteroatoms. The van der Waals surface area contributed by atoms with E-state index in [4.69, 9.17) is 27.9 Å². The van der Waals surface area contributed by atoms with Gasteiger partial charge >= 0.3 is 5.97 Å². The highest BCUT2D eigenvalue weighted by atomic mass is 35.5. The number of hydrogen-bond acceptors (Lipinski definition) is 3. The first-order chi connectivity index (χ1) is 10.5. The number of carbonyl (C=O) groups excluding carboxylic acids is 1. The first kappa shape index (κ1) is 14.8. The topological polar surface area (TPSA) is 38.7 Å². The number of cyclic esters (lactones) is 1. The summed E-state index contributed by atoms with van der Waals surface area (Å²) in [6.45, 7) is 0. The average molecular weight is 336 g/mol. The van der Waals surface area contributed by atoms with Gasteiger partial charge in [-0.15, -0.1) is 0 Å². The van der Waals surface area contributed by atoms with Crippen molar-refractivity contribution in [3.8, 4) is 0 Å². The highest BCUT2D eigenvalue weighted by Crippen LogP contribution is 2.26. The van der Waals surface area contributed by atoms with Gasteiger partial charge in [0.1, 0.15) is 5.82 Å². The molecule has 1 aliphatic heterocycles. The Balaban J connectivity index is 2.02. The molecular formula is C16H8Cl2FNO2. The fourth-order valence-electron chi connectivity index (χ4n) is 1.93. The Labute approximate surface area is 135 Å². The summed E-state index contributed by atoms with van der Waals surface area (Å²) in [6, 6.07) is 10.8. The Morgan fingerprint density at radius 2 is 1.91 bits per heavy atom. The van der Waals surface area contributed by atoms with Crippen molar-refractivity contribution in [2.45, 2.75) is 0 Å². The zero-order valence-electron chi connectivity index (χ0n) is 11.0. The Morgan fingerprint density at radius 3 is 2.68 bits per heavy atom. The van der Waals surface area contributed by atoms with Gasteiger partial charge in [0.25, 0.3) is 0 Å². The van der Waals surface area contributed by atoms with Crippen molar-refractivity contribution >= 4 is 41.1 Å². The summed E-state index contributed by atoms with van der Waals surface area (Å²) in [6.07, 6.45) is 1.32. The van der Waals surface area contributed by atoms with Crippen LogP contribution in [-0.4, -0.2) is 11.9 Å². The fraction of sp³-hybridized carbons (Fsp3) is 0. The van der Waals surface area contributed by atoms with E-state index >= 15 is 0 Å². The van der Waals surface area contributed by atoms with Gasteiger partial charge in [-0.25, -0.2) is 14.2 Å². The maximum atomic E-state index is 13.6. The van der Waals surface area contributed by atoms with E-state index in [0.717, 1.165) is 0 Å². The predicted octanol–water partition coefficient (Wildman–Crippen LogP) is 4.48. The van der Waals surface area contributed by atoms with Crippen molar-refractivity contribution in [3.63, 3.8) is 0 Å². The van der Waals surface area contributed by atoms with Crippen LogP contribution >= 0.6 is 23.2 Å². The van der Waals surface area contributed by atoms with Crippen LogP contribution in [0, 0.1) is 5.82 Å². The lowest BCUT2D eigenvalue weighted by Gasteiger charge is -2.02. The lowest BCUT2D eigenvalue weighted by molar-refractivity contribution is -0.129. The van der Waals surface area contributed by atoms with Crippen LogP contribution in [0.25, 0.3) is 6.08 Å². The monoisotopic (exact) mass is 335 g/mol. The van der Waals surface area contributed by atoms with Gasteiger partial charge in [-0.1, -0.05) is 41.4 Å². The number of rotatable bonds is 2. The van der Waals surface area contributed by atoms with Gasteiger partial charge in [0.2, 0.25) is 5.90 Å². The van der Waals surface area contributed by atoms with Gasteiger partial charge in [-0.3, -0.25) is 0 Å². The highest BCUT2D eigenvalue weighted by molar-refractivity contribution is 6.36. The number of esters is 1. The third kappa shape index (κ3) is 2.89. The number of benzene rings is 2. The van der Waals surface area contributed by atoms with Crippen LogP contribution in [0.5, 0.6) is 0 Å². The number of halogens is 3. The number of hydrogen-bond donors (Lipinski definition) is 0. The number of nitrogens with zero attached hydrogens (tertiary/aromatic N) is 1. The van der Waals surface area contributed by atoms with Gasteiger partial charge in [0, 0.05) is 10.6 Å². The van der Waals surface area contributed by atoms with Gasteiger partial charge < -0.3 is 4.74 Å². The Bertz CT molecular complexity index is 831. The molecule has 3 nitrogen and oxygen atoms in total. The summed E-state index contributed by atoms with van der Waals surface area (Å²) in [5.41, 5.74) is 0.646. The number of aliphatic imine (C=N–C) groups is 1. The largest absolute Gasteiger partial charge is 0.402 e. The van der Waals surface area contributed by atoms with Crippen LogP contribution in [0.4, 0.5) is 4.39 Å². The SMILES string of the molecule is O=C1OC(c2cc(Cl)ccc2Cl)=NC1=Cc1ccccc1F. The van der Waals surface area contributed by atoms with Crippen LogP contribution in [-0.2, 0) is 9.53 Å². The molecule has 2 aromatic rings. The summed E-state index contributed by atoms with van der Waals surface area (Å²) in [5, 5.41) is 0.785. The van der Waals surface area contributed by atoms with Crippen LogP contribution < -0.4 is 0 Å². The quantitative estimate of drug-likeness (QED) is 0.599. The van der Waals surface area contributed by atoms with Crippen molar-refractivity contribution < 1.29 is 13.9 Å². The summed E-state index contributed by atoms with van der Waals surface area (Å²) in [5.74, 6) is -1.08. The smallest absolute Gasteiger partial charge is 0.363 e.